The average molecular weight is 752 g/mol. The van der Waals surface area contributed by atoms with Gasteiger partial charge in [-0.05, 0) is 82.7 Å². The summed E-state index contributed by atoms with van der Waals surface area (Å²) in [6.07, 6.45) is 5.60. The highest BCUT2D eigenvalue weighted by Crippen LogP contribution is 2.25. The van der Waals surface area contributed by atoms with Crippen LogP contribution in [0.5, 0.6) is 0 Å². The standard InChI is InChI=1S/C23H36N6O4.C15H18FN3O2/c1-15(28-18-11-9-17(10-12-18)22(32)33)20(30)29-19(8-5-13-26-23(24)25)21(31)27-14-16-6-3-2-4-7-16;1-10-8-18-15(21-10)13(19-14(20)9-17-2)7-11-3-5-12(16)6-4-11/h2-4,6-7,15,17-19,28H,5,8-14H2,1H3,(H,27,31)(H,29,30)(H,32,33)(H4,24,25,26);3-6,8,13,17H,7,9H2,1-2H3,(H,19,20)/t15-,17?,18?,19-;13-/m00/s1. The number of guanidine groups is 1. The molecule has 0 bridgehead atoms. The first-order valence-corrected chi connectivity index (χ1v) is 18.1. The maximum absolute atomic E-state index is 13.0. The molecule has 54 heavy (non-hydrogen) atoms. The van der Waals surface area contributed by atoms with Crippen molar-refractivity contribution in [3.63, 3.8) is 0 Å². The van der Waals surface area contributed by atoms with Crippen molar-refractivity contribution < 1.29 is 33.1 Å². The first-order valence-electron chi connectivity index (χ1n) is 18.1. The molecule has 0 radical (unpaired) electrons. The van der Waals surface area contributed by atoms with Gasteiger partial charge in [-0.15, -0.1) is 0 Å². The van der Waals surface area contributed by atoms with Gasteiger partial charge in [0.2, 0.25) is 23.6 Å². The molecule has 16 heteroatoms. The lowest BCUT2D eigenvalue weighted by molar-refractivity contribution is -0.143. The molecule has 1 heterocycles. The van der Waals surface area contributed by atoms with Crippen molar-refractivity contribution in [2.24, 2.45) is 22.4 Å². The summed E-state index contributed by atoms with van der Waals surface area (Å²) < 4.78 is 18.5. The first kappa shape index (κ1) is 43.1. The molecule has 3 atom stereocenters. The highest BCUT2D eigenvalue weighted by atomic mass is 19.1. The van der Waals surface area contributed by atoms with Gasteiger partial charge >= 0.3 is 5.97 Å². The molecule has 0 aliphatic heterocycles. The quantitative estimate of drug-likeness (QED) is 0.0533. The number of carboxylic acids is 1. The highest BCUT2D eigenvalue weighted by molar-refractivity contribution is 5.89. The fourth-order valence-electron chi connectivity index (χ4n) is 5.91. The van der Waals surface area contributed by atoms with E-state index in [1.165, 1.54) is 12.1 Å². The molecule has 1 saturated carbocycles. The Hall–Kier alpha value is -5.35. The van der Waals surface area contributed by atoms with E-state index in [-0.39, 0.29) is 54.0 Å². The lowest BCUT2D eigenvalue weighted by atomic mass is 9.86. The van der Waals surface area contributed by atoms with Crippen LogP contribution in [0.15, 0.2) is 70.2 Å². The Bertz CT molecular complexity index is 1640. The number of hydrogen-bond donors (Lipinski definition) is 8. The van der Waals surface area contributed by atoms with Crippen LogP contribution in [0.1, 0.15) is 74.3 Å². The molecule has 1 fully saturated rings. The molecule has 3 amide bonds. The number of aryl methyl sites for hydroxylation is 1. The second kappa shape index (κ2) is 22.7. The number of aliphatic carboxylic acids is 1. The second-order valence-electron chi connectivity index (χ2n) is 13.3. The van der Waals surface area contributed by atoms with E-state index in [0.29, 0.717) is 69.7 Å². The normalized spacial score (nSPS) is 16.7. The van der Waals surface area contributed by atoms with E-state index in [4.69, 9.17) is 21.0 Å². The minimum absolute atomic E-state index is 0.0143. The van der Waals surface area contributed by atoms with E-state index in [1.54, 1.807) is 39.2 Å². The van der Waals surface area contributed by atoms with Crippen LogP contribution in [0.2, 0.25) is 0 Å². The molecule has 4 rings (SSSR count). The number of hydrogen-bond acceptors (Lipinski definition) is 9. The fourth-order valence-corrected chi connectivity index (χ4v) is 5.91. The number of benzene rings is 2. The van der Waals surface area contributed by atoms with Crippen LogP contribution in [-0.2, 0) is 32.1 Å². The van der Waals surface area contributed by atoms with E-state index in [9.17, 15) is 23.6 Å². The van der Waals surface area contributed by atoms with E-state index >= 15 is 0 Å². The van der Waals surface area contributed by atoms with Crippen LogP contribution in [-0.4, -0.2) is 78.0 Å². The number of carbonyl (C=O) groups excluding carboxylic acids is 3. The number of rotatable bonds is 18. The number of nitrogens with one attached hydrogen (secondary N) is 5. The minimum Gasteiger partial charge on any atom is -0.481 e. The predicted molar refractivity (Wildman–Crippen MR) is 202 cm³/mol. The fraction of sp³-hybridized carbons (Fsp3) is 0.474. The first-order chi connectivity index (χ1) is 25.8. The van der Waals surface area contributed by atoms with E-state index < -0.39 is 18.1 Å². The molecule has 1 aliphatic rings. The Balaban J connectivity index is 0.000000320. The number of oxazole rings is 1. The summed E-state index contributed by atoms with van der Waals surface area (Å²) >= 11 is 0. The molecule has 0 spiro atoms. The Morgan fingerprint density at radius 1 is 0.981 bits per heavy atom. The van der Waals surface area contributed by atoms with Crippen molar-refractivity contribution in [3.8, 4) is 0 Å². The van der Waals surface area contributed by atoms with Crippen LogP contribution in [0.25, 0.3) is 0 Å². The number of nitrogens with zero attached hydrogens (tertiary/aromatic N) is 2. The van der Waals surface area contributed by atoms with Crippen molar-refractivity contribution in [2.75, 3.05) is 20.1 Å². The third-order valence-corrected chi connectivity index (χ3v) is 8.81. The molecule has 10 N–H and O–H groups in total. The smallest absolute Gasteiger partial charge is 0.306 e. The summed E-state index contributed by atoms with van der Waals surface area (Å²) in [7, 11) is 1.70. The third kappa shape index (κ3) is 15.7. The highest BCUT2D eigenvalue weighted by Gasteiger charge is 2.29. The monoisotopic (exact) mass is 751 g/mol. The zero-order chi connectivity index (χ0) is 39.5. The topological polar surface area (TPSA) is 239 Å². The van der Waals surface area contributed by atoms with E-state index in [2.05, 4.69) is 36.6 Å². The second-order valence-corrected chi connectivity index (χ2v) is 13.3. The van der Waals surface area contributed by atoms with Gasteiger partial charge in [-0.1, -0.05) is 42.5 Å². The number of halogens is 1. The minimum atomic E-state index is -0.760. The van der Waals surface area contributed by atoms with Gasteiger partial charge < -0.3 is 47.6 Å². The van der Waals surface area contributed by atoms with Crippen molar-refractivity contribution in [3.05, 3.63) is 89.4 Å². The van der Waals surface area contributed by atoms with E-state index in [1.807, 2.05) is 30.3 Å². The molecule has 1 aromatic heterocycles. The average Bonchev–Trinajstić information content (AvgIpc) is 3.59. The van der Waals surface area contributed by atoms with Crippen LogP contribution in [0, 0.1) is 18.7 Å². The number of aromatic nitrogens is 1. The number of nitrogens with two attached hydrogens (primary N) is 2. The summed E-state index contributed by atoms with van der Waals surface area (Å²) in [5, 5.41) is 23.8. The van der Waals surface area contributed by atoms with Gasteiger partial charge in [0, 0.05) is 25.6 Å². The lowest BCUT2D eigenvalue weighted by Crippen LogP contribution is -2.53. The van der Waals surface area contributed by atoms with Crippen molar-refractivity contribution in [1.29, 1.82) is 0 Å². The van der Waals surface area contributed by atoms with Crippen LogP contribution in [0.4, 0.5) is 4.39 Å². The molecule has 3 aromatic rings. The Labute approximate surface area is 315 Å². The molecule has 0 saturated heterocycles. The maximum Gasteiger partial charge on any atom is 0.306 e. The summed E-state index contributed by atoms with van der Waals surface area (Å²) in [6, 6.07) is 14.1. The molecule has 294 valence electrons. The molecule has 0 unspecified atom stereocenters. The SMILES string of the molecule is CNCC(=O)N[C@@H](Cc1ccc(F)cc1)c1ncc(C)o1.C[C@H](NC1CCC(C(=O)O)CC1)C(=O)N[C@@H](CCCN=C(N)N)C(=O)NCc1ccccc1. The third-order valence-electron chi connectivity index (χ3n) is 8.81. The van der Waals surface area contributed by atoms with Crippen molar-refractivity contribution in [2.45, 2.75) is 89.5 Å². The summed E-state index contributed by atoms with van der Waals surface area (Å²) in [5.41, 5.74) is 12.6. The van der Waals surface area contributed by atoms with Gasteiger partial charge in [-0.25, -0.2) is 9.37 Å². The zero-order valence-electron chi connectivity index (χ0n) is 31.1. The van der Waals surface area contributed by atoms with Gasteiger partial charge in [0.15, 0.2) is 5.96 Å². The zero-order valence-corrected chi connectivity index (χ0v) is 31.1. The van der Waals surface area contributed by atoms with Crippen LogP contribution < -0.4 is 38.1 Å². The molecule has 1 aliphatic carbocycles. The summed E-state index contributed by atoms with van der Waals surface area (Å²) in [6.45, 7) is 4.47. The van der Waals surface area contributed by atoms with Crippen molar-refractivity contribution >= 4 is 29.7 Å². The van der Waals surface area contributed by atoms with Crippen molar-refractivity contribution in [1.82, 2.24) is 31.6 Å². The van der Waals surface area contributed by atoms with Crippen LogP contribution >= 0.6 is 0 Å². The number of carbonyl (C=O) groups is 4. The molecule has 2 aromatic carbocycles. The lowest BCUT2D eigenvalue weighted by Gasteiger charge is -2.29. The summed E-state index contributed by atoms with van der Waals surface area (Å²) in [5.74, 6) is -0.956. The molecular formula is C38H54FN9O6. The number of carboxylic acid groups (broad SMARTS) is 1. The Morgan fingerprint density at radius 3 is 2.26 bits per heavy atom. The van der Waals surface area contributed by atoms with Gasteiger partial charge in [0.25, 0.3) is 0 Å². The van der Waals surface area contributed by atoms with Gasteiger partial charge in [0.05, 0.1) is 24.7 Å². The number of likely N-dealkylation sites (N-methyl/N-ethyl adjacent to an activating group) is 1. The Morgan fingerprint density at radius 2 is 1.67 bits per heavy atom. The molecular weight excluding hydrogens is 697 g/mol. The van der Waals surface area contributed by atoms with Gasteiger partial charge in [-0.3, -0.25) is 24.2 Å². The van der Waals surface area contributed by atoms with Crippen LogP contribution in [0.3, 0.4) is 0 Å². The molecule has 15 nitrogen and oxygen atoms in total. The summed E-state index contributed by atoms with van der Waals surface area (Å²) in [4.78, 5) is 56.6. The van der Waals surface area contributed by atoms with Gasteiger partial charge in [0.1, 0.15) is 23.7 Å². The number of amides is 3. The number of aliphatic imine (C=N–C) groups is 1. The largest absolute Gasteiger partial charge is 0.481 e. The predicted octanol–water partition coefficient (Wildman–Crippen LogP) is 2.20. The Kier molecular flexibility index (Phi) is 18.1. The van der Waals surface area contributed by atoms with E-state index in [0.717, 1.165) is 11.1 Å². The maximum atomic E-state index is 13.0. The van der Waals surface area contributed by atoms with Gasteiger partial charge in [-0.2, -0.15) is 0 Å².